The van der Waals surface area contributed by atoms with Gasteiger partial charge in [0.1, 0.15) is 0 Å². The van der Waals surface area contributed by atoms with Crippen molar-refractivity contribution in [2.24, 2.45) is 23.5 Å². The van der Waals surface area contributed by atoms with Crippen LogP contribution in [0, 0.1) is 17.8 Å². The summed E-state index contributed by atoms with van der Waals surface area (Å²) < 4.78 is 0. The van der Waals surface area contributed by atoms with E-state index in [1.54, 1.807) is 0 Å². The molecule has 4 fully saturated rings. The maximum absolute atomic E-state index is 12.0. The lowest BCUT2D eigenvalue weighted by molar-refractivity contribution is -0.140. The fourth-order valence-electron chi connectivity index (χ4n) is 3.25. The van der Waals surface area contributed by atoms with Crippen molar-refractivity contribution in [3.05, 3.63) is 0 Å². The summed E-state index contributed by atoms with van der Waals surface area (Å²) in [6.45, 7) is 3.16. The summed E-state index contributed by atoms with van der Waals surface area (Å²) in [5.74, 6) is 2.09. The molecule has 2 saturated heterocycles. The summed E-state index contributed by atoms with van der Waals surface area (Å²) in [7, 11) is 0. The van der Waals surface area contributed by atoms with Gasteiger partial charge in [0.05, 0.1) is 0 Å². The van der Waals surface area contributed by atoms with E-state index in [0.29, 0.717) is 23.8 Å². The molecule has 78 valence electrons. The molecule has 0 aromatic rings. The van der Waals surface area contributed by atoms with Crippen molar-refractivity contribution in [1.29, 1.82) is 0 Å². The first-order chi connectivity index (χ1) is 6.66. The SMILES string of the molecule is CC1CC(C(=O)N2CC3CC2C3N)C1. The molecule has 3 nitrogen and oxygen atoms in total. The Kier molecular flexibility index (Phi) is 1.69. The highest BCUT2D eigenvalue weighted by atomic mass is 16.2. The van der Waals surface area contributed by atoms with E-state index in [4.69, 9.17) is 5.73 Å². The zero-order chi connectivity index (χ0) is 9.87. The predicted octanol–water partition coefficient (Wildman–Crippen LogP) is 0.591. The molecule has 3 heteroatoms. The van der Waals surface area contributed by atoms with Crippen LogP contribution in [0.2, 0.25) is 0 Å². The van der Waals surface area contributed by atoms with Crippen LogP contribution >= 0.6 is 0 Å². The summed E-state index contributed by atoms with van der Waals surface area (Å²) in [6, 6.07) is 0.680. The zero-order valence-electron chi connectivity index (χ0n) is 8.65. The van der Waals surface area contributed by atoms with Crippen LogP contribution < -0.4 is 5.73 Å². The van der Waals surface area contributed by atoms with E-state index in [1.807, 2.05) is 0 Å². The van der Waals surface area contributed by atoms with Crippen molar-refractivity contribution in [3.8, 4) is 0 Å². The molecule has 3 unspecified atom stereocenters. The van der Waals surface area contributed by atoms with E-state index in [-0.39, 0.29) is 6.04 Å². The largest absolute Gasteiger partial charge is 0.338 e. The first-order valence-corrected chi connectivity index (χ1v) is 5.73. The van der Waals surface area contributed by atoms with Gasteiger partial charge in [-0.05, 0) is 31.1 Å². The molecule has 0 aromatic heterocycles. The summed E-state index contributed by atoms with van der Waals surface area (Å²) in [5.41, 5.74) is 5.95. The third-order valence-corrected chi connectivity index (χ3v) is 4.37. The summed E-state index contributed by atoms with van der Waals surface area (Å²) >= 11 is 0. The molecule has 2 heterocycles. The second kappa shape index (κ2) is 2.72. The van der Waals surface area contributed by atoms with E-state index in [0.717, 1.165) is 31.7 Å². The molecule has 0 aromatic carbocycles. The quantitative estimate of drug-likeness (QED) is 0.664. The maximum Gasteiger partial charge on any atom is 0.226 e. The van der Waals surface area contributed by atoms with E-state index in [9.17, 15) is 4.79 Å². The normalized spacial score (nSPS) is 49.9. The van der Waals surface area contributed by atoms with Gasteiger partial charge in [-0.3, -0.25) is 4.79 Å². The van der Waals surface area contributed by atoms with Crippen molar-refractivity contribution in [1.82, 2.24) is 4.90 Å². The Bertz CT molecular complexity index is 272. The number of rotatable bonds is 1. The van der Waals surface area contributed by atoms with Crippen LogP contribution in [-0.4, -0.2) is 29.4 Å². The number of nitrogens with zero attached hydrogens (tertiary/aromatic N) is 1. The molecule has 2 N–H and O–H groups in total. The Morgan fingerprint density at radius 2 is 2.07 bits per heavy atom. The highest BCUT2D eigenvalue weighted by Gasteiger charge is 2.53. The van der Waals surface area contributed by atoms with Crippen LogP contribution in [0.1, 0.15) is 26.2 Å². The van der Waals surface area contributed by atoms with Crippen LogP contribution in [-0.2, 0) is 4.79 Å². The van der Waals surface area contributed by atoms with Gasteiger partial charge >= 0.3 is 0 Å². The van der Waals surface area contributed by atoms with Crippen molar-refractivity contribution in [2.75, 3.05) is 6.54 Å². The lowest BCUT2D eigenvalue weighted by Gasteiger charge is -2.38. The predicted molar refractivity (Wildman–Crippen MR) is 53.5 cm³/mol. The lowest BCUT2D eigenvalue weighted by Crippen LogP contribution is -2.52. The molecule has 2 aliphatic heterocycles. The summed E-state index contributed by atoms with van der Waals surface area (Å²) in [4.78, 5) is 14.1. The van der Waals surface area contributed by atoms with Crippen LogP contribution in [0.15, 0.2) is 0 Å². The molecule has 1 amide bonds. The molecule has 4 rings (SSSR count). The molecule has 3 atom stereocenters. The molecular formula is C11H18N2O. The Morgan fingerprint density at radius 1 is 1.36 bits per heavy atom. The summed E-state index contributed by atoms with van der Waals surface area (Å²) in [6.07, 6.45) is 3.36. The van der Waals surface area contributed by atoms with Crippen molar-refractivity contribution < 1.29 is 4.79 Å². The van der Waals surface area contributed by atoms with Gasteiger partial charge in [0, 0.05) is 24.5 Å². The van der Waals surface area contributed by atoms with Crippen LogP contribution in [0.4, 0.5) is 0 Å². The standard InChI is InChI=1S/C11H18N2O/c1-6-2-7(3-6)11(14)13-5-8-4-9(13)10(8)12/h6-10H,2-5,12H2,1H3. The Labute approximate surface area is 84.6 Å². The minimum Gasteiger partial charge on any atom is -0.338 e. The number of carbonyl (C=O) groups excluding carboxylic acids is 1. The second-order valence-electron chi connectivity index (χ2n) is 5.40. The second-order valence-corrected chi connectivity index (χ2v) is 5.40. The van der Waals surface area contributed by atoms with E-state index >= 15 is 0 Å². The smallest absolute Gasteiger partial charge is 0.226 e. The number of hydrogen-bond donors (Lipinski definition) is 1. The highest BCUT2D eigenvalue weighted by molar-refractivity contribution is 5.81. The topological polar surface area (TPSA) is 46.3 Å². The fourth-order valence-corrected chi connectivity index (χ4v) is 3.25. The van der Waals surface area contributed by atoms with E-state index in [1.165, 1.54) is 0 Å². The number of hydrogen-bond acceptors (Lipinski definition) is 2. The minimum atomic E-state index is 0.288. The Morgan fingerprint density at radius 3 is 2.50 bits per heavy atom. The number of fused-ring (bicyclic) bond motifs is 1. The molecule has 2 aliphatic carbocycles. The molecule has 0 radical (unpaired) electrons. The van der Waals surface area contributed by atoms with Gasteiger partial charge in [-0.15, -0.1) is 0 Å². The Hall–Kier alpha value is -0.570. The first kappa shape index (κ1) is 8.72. The zero-order valence-corrected chi connectivity index (χ0v) is 8.65. The van der Waals surface area contributed by atoms with Crippen molar-refractivity contribution >= 4 is 5.91 Å². The van der Waals surface area contributed by atoms with Gasteiger partial charge in [-0.2, -0.15) is 0 Å². The van der Waals surface area contributed by atoms with Gasteiger partial charge in [0.15, 0.2) is 0 Å². The van der Waals surface area contributed by atoms with Crippen molar-refractivity contribution in [3.63, 3.8) is 0 Å². The first-order valence-electron chi connectivity index (χ1n) is 5.73. The fraction of sp³-hybridized carbons (Fsp3) is 0.909. The lowest BCUT2D eigenvalue weighted by atomic mass is 9.75. The molecular weight excluding hydrogens is 176 g/mol. The van der Waals surface area contributed by atoms with Crippen LogP contribution in [0.5, 0.6) is 0 Å². The van der Waals surface area contributed by atoms with Gasteiger partial charge in [-0.1, -0.05) is 6.92 Å². The van der Waals surface area contributed by atoms with Gasteiger partial charge in [0.25, 0.3) is 0 Å². The third kappa shape index (κ3) is 0.991. The van der Waals surface area contributed by atoms with E-state index < -0.39 is 0 Å². The number of nitrogens with two attached hydrogens (primary N) is 1. The third-order valence-electron chi connectivity index (χ3n) is 4.37. The van der Waals surface area contributed by atoms with Gasteiger partial charge in [-0.25, -0.2) is 0 Å². The van der Waals surface area contributed by atoms with Gasteiger partial charge in [0.2, 0.25) is 5.91 Å². The van der Waals surface area contributed by atoms with Crippen molar-refractivity contribution in [2.45, 2.75) is 38.3 Å². The molecule has 4 aliphatic rings. The molecule has 0 spiro atoms. The monoisotopic (exact) mass is 194 g/mol. The Balaban J connectivity index is 1.64. The average Bonchev–Trinajstić information content (AvgIpc) is 2.67. The maximum atomic E-state index is 12.0. The molecule has 2 saturated carbocycles. The van der Waals surface area contributed by atoms with E-state index in [2.05, 4.69) is 11.8 Å². The number of carbonyl (C=O) groups is 1. The van der Waals surface area contributed by atoms with Gasteiger partial charge < -0.3 is 10.6 Å². The molecule has 2 bridgehead atoms. The average molecular weight is 194 g/mol. The number of amides is 1. The van der Waals surface area contributed by atoms with Crippen LogP contribution in [0.3, 0.4) is 0 Å². The minimum absolute atomic E-state index is 0.288. The summed E-state index contributed by atoms with van der Waals surface area (Å²) in [5, 5.41) is 0. The van der Waals surface area contributed by atoms with Crippen LogP contribution in [0.25, 0.3) is 0 Å². The highest BCUT2D eigenvalue weighted by Crippen LogP contribution is 2.43. The molecule has 14 heavy (non-hydrogen) atoms.